The Morgan fingerprint density at radius 3 is 2.82 bits per heavy atom. The van der Waals surface area contributed by atoms with Crippen LogP contribution in [-0.2, 0) is 13.6 Å². The molecule has 0 saturated heterocycles. The van der Waals surface area contributed by atoms with Gasteiger partial charge in [0.15, 0.2) is 0 Å². The summed E-state index contributed by atoms with van der Waals surface area (Å²) in [6, 6.07) is 3.94. The van der Waals surface area contributed by atoms with Crippen LogP contribution in [0.3, 0.4) is 0 Å². The van der Waals surface area contributed by atoms with Crippen molar-refractivity contribution < 1.29 is 4.79 Å². The number of hydrogen-bond donors (Lipinski definition) is 2. The third-order valence-electron chi connectivity index (χ3n) is 2.84. The molecule has 0 aliphatic heterocycles. The first kappa shape index (κ1) is 11.4. The average Bonchev–Trinajstić information content (AvgIpc) is 2.83. The number of rotatable bonds is 3. The van der Waals surface area contributed by atoms with E-state index in [1.54, 1.807) is 0 Å². The Labute approximate surface area is 99.8 Å². The molecule has 0 bridgehead atoms. The molecule has 5 nitrogen and oxygen atoms in total. The molecule has 0 fully saturated rings. The van der Waals surface area contributed by atoms with Gasteiger partial charge >= 0.3 is 0 Å². The lowest BCUT2D eigenvalue weighted by molar-refractivity contribution is 0.0949. The number of H-pyrrole nitrogens is 1. The Bertz CT molecular complexity index is 519. The van der Waals surface area contributed by atoms with E-state index >= 15 is 0 Å². The molecule has 0 spiro atoms. The van der Waals surface area contributed by atoms with E-state index in [0.29, 0.717) is 12.1 Å². The minimum Gasteiger partial charge on any atom is -0.353 e. The van der Waals surface area contributed by atoms with Crippen LogP contribution < -0.4 is 5.32 Å². The van der Waals surface area contributed by atoms with Gasteiger partial charge in [-0.15, -0.1) is 0 Å². The molecule has 2 N–H and O–H groups in total. The number of nitrogens with zero attached hydrogens (tertiary/aromatic N) is 2. The van der Waals surface area contributed by atoms with Crippen LogP contribution in [-0.4, -0.2) is 20.7 Å². The summed E-state index contributed by atoms with van der Waals surface area (Å²) in [4.78, 5) is 12.0. The molecule has 17 heavy (non-hydrogen) atoms. The minimum absolute atomic E-state index is 0.0880. The second-order valence-electron chi connectivity index (χ2n) is 4.10. The zero-order valence-corrected chi connectivity index (χ0v) is 10.2. The highest BCUT2D eigenvalue weighted by Crippen LogP contribution is 2.09. The zero-order chi connectivity index (χ0) is 12.4. The van der Waals surface area contributed by atoms with Crippen molar-refractivity contribution in [2.24, 2.45) is 7.05 Å². The van der Waals surface area contributed by atoms with Gasteiger partial charge in [0, 0.05) is 24.6 Å². The first-order valence-electron chi connectivity index (χ1n) is 5.49. The van der Waals surface area contributed by atoms with Crippen molar-refractivity contribution in [2.45, 2.75) is 20.4 Å². The molecule has 90 valence electrons. The predicted molar refractivity (Wildman–Crippen MR) is 64.6 cm³/mol. The standard InChI is InChI=1S/C12H16N4O/c1-8-11(9(2)15-14-8)12(17)13-7-10-5-4-6-16(10)3/h4-6H,7H2,1-3H3,(H,13,17)(H,14,15). The Morgan fingerprint density at radius 1 is 1.53 bits per heavy atom. The molecule has 0 radical (unpaired) electrons. The van der Waals surface area contributed by atoms with E-state index < -0.39 is 0 Å². The van der Waals surface area contributed by atoms with Crippen molar-refractivity contribution in [3.8, 4) is 0 Å². The Morgan fingerprint density at radius 2 is 2.29 bits per heavy atom. The number of carbonyl (C=O) groups is 1. The molecule has 5 heteroatoms. The second kappa shape index (κ2) is 4.45. The van der Waals surface area contributed by atoms with E-state index in [9.17, 15) is 4.79 Å². The maximum absolute atomic E-state index is 12.0. The van der Waals surface area contributed by atoms with Crippen molar-refractivity contribution in [1.82, 2.24) is 20.1 Å². The van der Waals surface area contributed by atoms with E-state index in [1.807, 2.05) is 43.8 Å². The van der Waals surface area contributed by atoms with Crippen LogP contribution in [0.5, 0.6) is 0 Å². The quantitative estimate of drug-likeness (QED) is 0.837. The van der Waals surface area contributed by atoms with Crippen LogP contribution in [0.1, 0.15) is 27.4 Å². The number of aryl methyl sites for hydroxylation is 3. The van der Waals surface area contributed by atoms with Crippen molar-refractivity contribution >= 4 is 5.91 Å². The topological polar surface area (TPSA) is 62.7 Å². The van der Waals surface area contributed by atoms with Gasteiger partial charge in [-0.3, -0.25) is 9.89 Å². The summed E-state index contributed by atoms with van der Waals surface area (Å²) in [6.45, 7) is 4.19. The van der Waals surface area contributed by atoms with Crippen molar-refractivity contribution in [2.75, 3.05) is 0 Å². The van der Waals surface area contributed by atoms with Crippen molar-refractivity contribution in [3.05, 3.63) is 41.0 Å². The van der Waals surface area contributed by atoms with E-state index in [4.69, 9.17) is 0 Å². The van der Waals surface area contributed by atoms with E-state index in [0.717, 1.165) is 17.1 Å². The Hall–Kier alpha value is -2.04. The van der Waals surface area contributed by atoms with Crippen molar-refractivity contribution in [1.29, 1.82) is 0 Å². The summed E-state index contributed by atoms with van der Waals surface area (Å²) in [5.41, 5.74) is 3.23. The lowest BCUT2D eigenvalue weighted by Crippen LogP contribution is -2.24. The predicted octanol–water partition coefficient (Wildman–Crippen LogP) is 1.30. The number of aromatic amines is 1. The zero-order valence-electron chi connectivity index (χ0n) is 10.2. The van der Waals surface area contributed by atoms with Gasteiger partial charge in [-0.25, -0.2) is 0 Å². The number of aromatic nitrogens is 3. The molecule has 0 aliphatic rings. The highest BCUT2D eigenvalue weighted by Gasteiger charge is 2.14. The number of amides is 1. The third kappa shape index (κ3) is 2.22. The fourth-order valence-electron chi connectivity index (χ4n) is 1.82. The highest BCUT2D eigenvalue weighted by molar-refractivity contribution is 5.96. The SMILES string of the molecule is Cc1n[nH]c(C)c1C(=O)NCc1cccn1C. The normalized spacial score (nSPS) is 10.5. The van der Waals surface area contributed by atoms with Gasteiger partial charge in [-0.1, -0.05) is 0 Å². The Kier molecular flexibility index (Phi) is 2.99. The van der Waals surface area contributed by atoms with Crippen LogP contribution in [0.2, 0.25) is 0 Å². The van der Waals surface area contributed by atoms with Gasteiger partial charge in [0.05, 0.1) is 17.8 Å². The van der Waals surface area contributed by atoms with Crippen LogP contribution in [0, 0.1) is 13.8 Å². The molecular weight excluding hydrogens is 216 g/mol. The van der Waals surface area contributed by atoms with E-state index in [-0.39, 0.29) is 5.91 Å². The molecule has 0 atom stereocenters. The molecule has 2 aromatic rings. The smallest absolute Gasteiger partial charge is 0.255 e. The number of hydrogen-bond acceptors (Lipinski definition) is 2. The number of nitrogens with one attached hydrogen (secondary N) is 2. The van der Waals surface area contributed by atoms with Crippen molar-refractivity contribution in [3.63, 3.8) is 0 Å². The van der Waals surface area contributed by atoms with Gasteiger partial charge in [-0.2, -0.15) is 5.10 Å². The lowest BCUT2D eigenvalue weighted by Gasteiger charge is -2.06. The molecule has 1 amide bonds. The maximum atomic E-state index is 12.0. The summed E-state index contributed by atoms with van der Waals surface area (Å²) in [5.74, 6) is -0.0880. The van der Waals surface area contributed by atoms with Crippen LogP contribution in [0.4, 0.5) is 0 Å². The molecule has 0 saturated carbocycles. The van der Waals surface area contributed by atoms with Gasteiger partial charge < -0.3 is 9.88 Å². The van der Waals surface area contributed by atoms with Gasteiger partial charge in [0.25, 0.3) is 5.91 Å². The summed E-state index contributed by atoms with van der Waals surface area (Å²) in [7, 11) is 1.95. The Balaban J connectivity index is 2.06. The first-order valence-corrected chi connectivity index (χ1v) is 5.49. The summed E-state index contributed by atoms with van der Waals surface area (Å²) >= 11 is 0. The fourth-order valence-corrected chi connectivity index (χ4v) is 1.82. The lowest BCUT2D eigenvalue weighted by atomic mass is 10.2. The maximum Gasteiger partial charge on any atom is 0.255 e. The molecule has 0 unspecified atom stereocenters. The molecular formula is C12H16N4O. The molecule has 0 aliphatic carbocycles. The second-order valence-corrected chi connectivity index (χ2v) is 4.10. The summed E-state index contributed by atoms with van der Waals surface area (Å²) < 4.78 is 1.98. The minimum atomic E-state index is -0.0880. The fraction of sp³-hybridized carbons (Fsp3) is 0.333. The number of carbonyl (C=O) groups excluding carboxylic acids is 1. The van der Waals surface area contributed by atoms with Crippen LogP contribution >= 0.6 is 0 Å². The van der Waals surface area contributed by atoms with Crippen LogP contribution in [0.25, 0.3) is 0 Å². The van der Waals surface area contributed by atoms with Gasteiger partial charge in [0.2, 0.25) is 0 Å². The first-order chi connectivity index (χ1) is 8.09. The molecule has 0 aromatic carbocycles. The monoisotopic (exact) mass is 232 g/mol. The van der Waals surface area contributed by atoms with Crippen LogP contribution in [0.15, 0.2) is 18.3 Å². The molecule has 2 rings (SSSR count). The highest BCUT2D eigenvalue weighted by atomic mass is 16.1. The summed E-state index contributed by atoms with van der Waals surface area (Å²) in [6.07, 6.45) is 1.95. The van der Waals surface area contributed by atoms with E-state index in [2.05, 4.69) is 15.5 Å². The molecule has 2 aromatic heterocycles. The van der Waals surface area contributed by atoms with E-state index in [1.165, 1.54) is 0 Å². The van der Waals surface area contributed by atoms with Gasteiger partial charge in [0.1, 0.15) is 0 Å². The largest absolute Gasteiger partial charge is 0.353 e. The third-order valence-corrected chi connectivity index (χ3v) is 2.84. The molecule has 2 heterocycles. The summed E-state index contributed by atoms with van der Waals surface area (Å²) in [5, 5.41) is 9.71. The van der Waals surface area contributed by atoms with Gasteiger partial charge in [-0.05, 0) is 26.0 Å². The average molecular weight is 232 g/mol.